The molecule has 1 saturated carbocycles. The van der Waals surface area contributed by atoms with Crippen molar-refractivity contribution in [1.29, 1.82) is 0 Å². The zero-order valence-electron chi connectivity index (χ0n) is 11.1. The van der Waals surface area contributed by atoms with Gasteiger partial charge in [0.15, 0.2) is 0 Å². The number of hydrogen-bond donors (Lipinski definition) is 4. The standard InChI is InChI=1S/C12H20N2O5/c1-12(2,7-3-4-7)14-11(19)13-8(10(17)18)5-6-9(15)16/h7-8H,3-6H2,1-2H3,(H,15,16)(H,17,18)(H2,13,14,19)/t8-/m0/s1. The lowest BCUT2D eigenvalue weighted by atomic mass is 9.99. The van der Waals surface area contributed by atoms with Crippen LogP contribution in [0.5, 0.6) is 0 Å². The van der Waals surface area contributed by atoms with Gasteiger partial charge in [0.25, 0.3) is 0 Å². The number of aliphatic carboxylic acids is 2. The van der Waals surface area contributed by atoms with E-state index in [9.17, 15) is 14.4 Å². The Morgan fingerprint density at radius 3 is 2.26 bits per heavy atom. The van der Waals surface area contributed by atoms with Crippen molar-refractivity contribution in [3.63, 3.8) is 0 Å². The number of urea groups is 1. The van der Waals surface area contributed by atoms with E-state index in [-0.39, 0.29) is 18.4 Å². The molecule has 19 heavy (non-hydrogen) atoms. The fourth-order valence-electron chi connectivity index (χ4n) is 1.92. The van der Waals surface area contributed by atoms with Gasteiger partial charge in [0.05, 0.1) is 0 Å². The molecular weight excluding hydrogens is 252 g/mol. The quantitative estimate of drug-likeness (QED) is 0.547. The second kappa shape index (κ2) is 5.90. The summed E-state index contributed by atoms with van der Waals surface area (Å²) in [6, 6.07) is -1.76. The number of carboxylic acid groups (broad SMARTS) is 2. The minimum Gasteiger partial charge on any atom is -0.481 e. The predicted molar refractivity (Wildman–Crippen MR) is 66.8 cm³/mol. The summed E-state index contributed by atoms with van der Waals surface area (Å²) in [4.78, 5) is 33.1. The zero-order chi connectivity index (χ0) is 14.6. The lowest BCUT2D eigenvalue weighted by molar-refractivity contribution is -0.140. The zero-order valence-corrected chi connectivity index (χ0v) is 11.1. The highest BCUT2D eigenvalue weighted by atomic mass is 16.4. The highest BCUT2D eigenvalue weighted by Gasteiger charge is 2.39. The Morgan fingerprint density at radius 2 is 1.84 bits per heavy atom. The van der Waals surface area contributed by atoms with E-state index in [4.69, 9.17) is 10.2 Å². The Balaban J connectivity index is 2.46. The summed E-state index contributed by atoms with van der Waals surface area (Å²) in [5, 5.41) is 22.5. The normalized spacial score (nSPS) is 16.5. The number of carboxylic acids is 2. The molecule has 0 heterocycles. The van der Waals surface area contributed by atoms with Crippen molar-refractivity contribution in [3.05, 3.63) is 0 Å². The van der Waals surface area contributed by atoms with E-state index in [0.717, 1.165) is 12.8 Å². The van der Waals surface area contributed by atoms with E-state index >= 15 is 0 Å². The Hall–Kier alpha value is -1.79. The first-order chi connectivity index (χ1) is 8.72. The highest BCUT2D eigenvalue weighted by Crippen LogP contribution is 2.39. The summed E-state index contributed by atoms with van der Waals surface area (Å²) in [5.74, 6) is -1.91. The van der Waals surface area contributed by atoms with E-state index < -0.39 is 24.0 Å². The molecule has 4 N–H and O–H groups in total. The topological polar surface area (TPSA) is 116 Å². The molecule has 1 aliphatic rings. The van der Waals surface area contributed by atoms with Crippen molar-refractivity contribution in [3.8, 4) is 0 Å². The van der Waals surface area contributed by atoms with Crippen LogP contribution in [0.25, 0.3) is 0 Å². The maximum atomic E-state index is 11.7. The van der Waals surface area contributed by atoms with Gasteiger partial charge in [0.2, 0.25) is 0 Å². The van der Waals surface area contributed by atoms with Crippen LogP contribution in [0.2, 0.25) is 0 Å². The third kappa shape index (κ3) is 5.15. The van der Waals surface area contributed by atoms with Gasteiger partial charge in [-0.05, 0) is 39.0 Å². The van der Waals surface area contributed by atoms with Crippen LogP contribution in [0, 0.1) is 5.92 Å². The van der Waals surface area contributed by atoms with E-state index in [1.54, 1.807) is 0 Å². The van der Waals surface area contributed by atoms with E-state index in [1.807, 2.05) is 13.8 Å². The smallest absolute Gasteiger partial charge is 0.326 e. The Labute approximate surface area is 111 Å². The Morgan fingerprint density at radius 1 is 1.26 bits per heavy atom. The number of carbonyl (C=O) groups excluding carboxylic acids is 1. The first-order valence-electron chi connectivity index (χ1n) is 6.25. The van der Waals surface area contributed by atoms with Crippen molar-refractivity contribution in [2.24, 2.45) is 5.92 Å². The molecule has 0 saturated heterocycles. The molecule has 0 spiro atoms. The molecule has 0 bridgehead atoms. The molecule has 0 aromatic heterocycles. The number of nitrogens with one attached hydrogen (secondary N) is 2. The molecule has 7 heteroatoms. The SMILES string of the molecule is CC(C)(NC(=O)N[C@@H](CCC(=O)O)C(=O)O)C1CC1. The van der Waals surface area contributed by atoms with Gasteiger partial charge in [-0.2, -0.15) is 0 Å². The van der Waals surface area contributed by atoms with E-state index in [2.05, 4.69) is 10.6 Å². The summed E-state index contributed by atoms with van der Waals surface area (Å²) in [5.41, 5.74) is -0.375. The minimum atomic E-state index is -1.24. The minimum absolute atomic E-state index is 0.137. The van der Waals surface area contributed by atoms with E-state index in [1.165, 1.54) is 0 Å². The van der Waals surface area contributed by atoms with Crippen LogP contribution < -0.4 is 10.6 Å². The van der Waals surface area contributed by atoms with Crippen molar-refractivity contribution in [2.45, 2.75) is 51.1 Å². The molecule has 0 aliphatic heterocycles. The van der Waals surface area contributed by atoms with Crippen LogP contribution in [0.15, 0.2) is 0 Å². The monoisotopic (exact) mass is 272 g/mol. The lowest BCUT2D eigenvalue weighted by Crippen LogP contribution is -2.53. The molecular formula is C12H20N2O5. The number of carbonyl (C=O) groups is 3. The summed E-state index contributed by atoms with van der Waals surface area (Å²) in [7, 11) is 0. The average molecular weight is 272 g/mol. The van der Waals surface area contributed by atoms with Gasteiger partial charge in [0.1, 0.15) is 6.04 Å². The van der Waals surface area contributed by atoms with Crippen LogP contribution in [-0.4, -0.2) is 39.8 Å². The predicted octanol–water partition coefficient (Wildman–Crippen LogP) is 0.792. The van der Waals surface area contributed by atoms with Crippen LogP contribution in [0.4, 0.5) is 4.79 Å². The Kier molecular flexibility index (Phi) is 4.74. The molecule has 1 atom stereocenters. The molecule has 0 aromatic rings. The third-order valence-electron chi connectivity index (χ3n) is 3.28. The molecule has 0 unspecified atom stereocenters. The number of rotatable bonds is 7. The van der Waals surface area contributed by atoms with Gasteiger partial charge in [0, 0.05) is 12.0 Å². The second-order valence-electron chi connectivity index (χ2n) is 5.42. The van der Waals surface area contributed by atoms with E-state index in [0.29, 0.717) is 5.92 Å². The largest absolute Gasteiger partial charge is 0.481 e. The fraction of sp³-hybridized carbons (Fsp3) is 0.750. The molecule has 1 fully saturated rings. The molecule has 0 radical (unpaired) electrons. The first-order valence-corrected chi connectivity index (χ1v) is 6.25. The molecule has 2 amide bonds. The average Bonchev–Trinajstić information content (AvgIpc) is 3.06. The third-order valence-corrected chi connectivity index (χ3v) is 3.28. The molecule has 7 nitrogen and oxygen atoms in total. The van der Waals surface area contributed by atoms with Crippen LogP contribution in [-0.2, 0) is 9.59 Å². The summed E-state index contributed by atoms with van der Waals surface area (Å²) < 4.78 is 0. The van der Waals surface area contributed by atoms with Gasteiger partial charge in [-0.3, -0.25) is 4.79 Å². The summed E-state index contributed by atoms with van der Waals surface area (Å²) >= 11 is 0. The second-order valence-corrected chi connectivity index (χ2v) is 5.42. The molecule has 1 rings (SSSR count). The van der Waals surface area contributed by atoms with Gasteiger partial charge >= 0.3 is 18.0 Å². The first kappa shape index (κ1) is 15.3. The number of amides is 2. The molecule has 1 aliphatic carbocycles. The van der Waals surface area contributed by atoms with Gasteiger partial charge < -0.3 is 20.8 Å². The van der Waals surface area contributed by atoms with Crippen molar-refractivity contribution >= 4 is 18.0 Å². The van der Waals surface area contributed by atoms with Crippen LogP contribution >= 0.6 is 0 Å². The van der Waals surface area contributed by atoms with Gasteiger partial charge in [-0.25, -0.2) is 9.59 Å². The van der Waals surface area contributed by atoms with Gasteiger partial charge in [-0.1, -0.05) is 0 Å². The summed E-state index contributed by atoms with van der Waals surface area (Å²) in [6.45, 7) is 3.77. The summed E-state index contributed by atoms with van der Waals surface area (Å²) in [6.07, 6.45) is 1.66. The fourth-order valence-corrected chi connectivity index (χ4v) is 1.92. The molecule has 0 aromatic carbocycles. The van der Waals surface area contributed by atoms with Crippen LogP contribution in [0.3, 0.4) is 0 Å². The van der Waals surface area contributed by atoms with Crippen molar-refractivity contribution < 1.29 is 24.6 Å². The maximum absolute atomic E-state index is 11.7. The van der Waals surface area contributed by atoms with Crippen molar-refractivity contribution in [2.75, 3.05) is 0 Å². The van der Waals surface area contributed by atoms with Gasteiger partial charge in [-0.15, -0.1) is 0 Å². The Bertz CT molecular complexity index is 376. The van der Waals surface area contributed by atoms with Crippen LogP contribution in [0.1, 0.15) is 39.5 Å². The molecule has 108 valence electrons. The lowest BCUT2D eigenvalue weighted by Gasteiger charge is -2.27. The van der Waals surface area contributed by atoms with Crippen molar-refractivity contribution in [1.82, 2.24) is 10.6 Å². The maximum Gasteiger partial charge on any atom is 0.326 e. The number of hydrogen-bond acceptors (Lipinski definition) is 3. The highest BCUT2D eigenvalue weighted by molar-refractivity contribution is 5.83.